The maximum Gasteiger partial charge on any atom is 0.472 e. The molecule has 5 atom stereocenters. The minimum atomic E-state index is -4.95. The van der Waals surface area contributed by atoms with Gasteiger partial charge in [0, 0.05) is 25.7 Å². The van der Waals surface area contributed by atoms with E-state index in [1.54, 1.807) is 0 Å². The Bertz CT molecular complexity index is 1710. The van der Waals surface area contributed by atoms with Gasteiger partial charge in [-0.2, -0.15) is 0 Å². The summed E-state index contributed by atoms with van der Waals surface area (Å²) in [4.78, 5) is 72.3. The molecule has 0 amide bonds. The molecular formula is C67H130O17P2. The molecule has 0 heterocycles. The fourth-order valence-corrected chi connectivity index (χ4v) is 11.5. The van der Waals surface area contributed by atoms with Gasteiger partial charge in [0.1, 0.15) is 19.3 Å². The van der Waals surface area contributed by atoms with Gasteiger partial charge in [-0.1, -0.05) is 274 Å². The third-order valence-electron chi connectivity index (χ3n) is 15.3. The monoisotopic (exact) mass is 1270 g/mol. The molecule has 0 aliphatic heterocycles. The van der Waals surface area contributed by atoms with Crippen molar-refractivity contribution in [3.8, 4) is 0 Å². The number of aliphatic hydroxyl groups is 1. The number of esters is 4. The number of rotatable bonds is 64. The van der Waals surface area contributed by atoms with Crippen molar-refractivity contribution in [3.63, 3.8) is 0 Å². The second kappa shape index (κ2) is 57.0. The summed E-state index contributed by atoms with van der Waals surface area (Å²) < 4.78 is 68.1. The van der Waals surface area contributed by atoms with Crippen LogP contribution in [0.5, 0.6) is 0 Å². The van der Waals surface area contributed by atoms with Crippen LogP contribution in [0.25, 0.3) is 0 Å². The molecule has 0 rings (SSSR count). The van der Waals surface area contributed by atoms with E-state index in [2.05, 4.69) is 55.4 Å². The molecule has 0 aliphatic carbocycles. The molecule has 3 unspecified atom stereocenters. The van der Waals surface area contributed by atoms with Crippen molar-refractivity contribution < 1.29 is 80.2 Å². The van der Waals surface area contributed by atoms with Crippen molar-refractivity contribution in [2.24, 2.45) is 23.7 Å². The zero-order chi connectivity index (χ0) is 63.9. The standard InChI is InChI=1S/C67H130O17P2/c1-57(2)43-35-27-19-13-10-9-11-15-24-33-41-49-66(71)83-62(53-78-65(70)48-40-32-23-18-17-21-29-37-45-59(5)6)55-81-85(73,74)79-51-61(68)52-80-86(75,76)82-56-63(84-67(72)50-42-34-26-25-30-38-46-60(7)8)54-77-64(69)47-39-31-22-16-12-14-20-28-36-44-58(3)4/h57-63,68H,9-56H2,1-8H3,(H,73,74)(H,75,76)/t61?,62-,63-/m1/s1. The molecule has 0 radical (unpaired) electrons. The van der Waals surface area contributed by atoms with Crippen LogP contribution >= 0.6 is 15.6 Å². The zero-order valence-corrected chi connectivity index (χ0v) is 57.7. The number of ether oxygens (including phenoxy) is 4. The lowest BCUT2D eigenvalue weighted by Crippen LogP contribution is -2.30. The second-order valence-electron chi connectivity index (χ2n) is 26.1. The number of hydrogen-bond acceptors (Lipinski definition) is 15. The molecule has 0 saturated heterocycles. The van der Waals surface area contributed by atoms with Crippen LogP contribution in [0.15, 0.2) is 0 Å². The Balaban J connectivity index is 5.24. The van der Waals surface area contributed by atoms with Crippen LogP contribution in [0.2, 0.25) is 0 Å². The first-order valence-electron chi connectivity index (χ1n) is 34.7. The van der Waals surface area contributed by atoms with Gasteiger partial charge in [-0.25, -0.2) is 9.13 Å². The summed E-state index contributed by atoms with van der Waals surface area (Å²) in [6, 6.07) is 0. The number of aliphatic hydroxyl groups excluding tert-OH is 1. The topological polar surface area (TPSA) is 237 Å². The summed E-state index contributed by atoms with van der Waals surface area (Å²) in [6.45, 7) is 14.0. The summed E-state index contributed by atoms with van der Waals surface area (Å²) >= 11 is 0. The minimum absolute atomic E-state index is 0.101. The fourth-order valence-electron chi connectivity index (χ4n) is 9.96. The SMILES string of the molecule is CC(C)CCCCCCCCCCCCCC(=O)O[C@H](COC(=O)CCCCCCCCCCC(C)C)COP(=O)(O)OCC(O)COP(=O)(O)OC[C@@H](COC(=O)CCCCCCCCCCCC(C)C)OC(=O)CCCCCCCCC(C)C. The van der Waals surface area contributed by atoms with E-state index in [9.17, 15) is 43.2 Å². The molecule has 0 aromatic rings. The largest absolute Gasteiger partial charge is 0.472 e. The van der Waals surface area contributed by atoms with Gasteiger partial charge in [-0.3, -0.25) is 37.3 Å². The molecule has 0 spiro atoms. The van der Waals surface area contributed by atoms with E-state index in [0.29, 0.717) is 31.6 Å². The summed E-state index contributed by atoms with van der Waals surface area (Å²) in [5, 5.41) is 10.6. The minimum Gasteiger partial charge on any atom is -0.462 e. The van der Waals surface area contributed by atoms with Crippen molar-refractivity contribution in [1.29, 1.82) is 0 Å². The van der Waals surface area contributed by atoms with Gasteiger partial charge < -0.3 is 33.8 Å². The lowest BCUT2D eigenvalue weighted by atomic mass is 10.0. The van der Waals surface area contributed by atoms with Crippen LogP contribution in [-0.2, 0) is 65.4 Å². The van der Waals surface area contributed by atoms with Crippen LogP contribution in [0.1, 0.15) is 325 Å². The molecule has 19 heteroatoms. The van der Waals surface area contributed by atoms with E-state index in [1.165, 1.54) is 128 Å². The third-order valence-corrected chi connectivity index (χ3v) is 17.2. The molecule has 86 heavy (non-hydrogen) atoms. The summed E-state index contributed by atoms with van der Waals surface area (Å²) in [6.07, 6.45) is 37.8. The predicted octanol–water partition coefficient (Wildman–Crippen LogP) is 18.5. The van der Waals surface area contributed by atoms with Crippen LogP contribution in [0.4, 0.5) is 0 Å². The van der Waals surface area contributed by atoms with E-state index in [0.717, 1.165) is 108 Å². The smallest absolute Gasteiger partial charge is 0.462 e. The lowest BCUT2D eigenvalue weighted by molar-refractivity contribution is -0.161. The number of phosphoric ester groups is 2. The van der Waals surface area contributed by atoms with E-state index in [1.807, 2.05) is 0 Å². The Labute approximate surface area is 524 Å². The quantitative estimate of drug-likeness (QED) is 0.0222. The molecule has 0 bridgehead atoms. The van der Waals surface area contributed by atoms with Gasteiger partial charge in [0.2, 0.25) is 0 Å². The zero-order valence-electron chi connectivity index (χ0n) is 55.9. The van der Waals surface area contributed by atoms with Gasteiger partial charge in [0.15, 0.2) is 12.2 Å². The van der Waals surface area contributed by atoms with E-state index >= 15 is 0 Å². The average molecular weight is 1270 g/mol. The molecule has 17 nitrogen and oxygen atoms in total. The molecule has 3 N–H and O–H groups in total. The van der Waals surface area contributed by atoms with Crippen LogP contribution in [0.3, 0.4) is 0 Å². The normalized spacial score (nSPS) is 14.4. The summed E-state index contributed by atoms with van der Waals surface area (Å²) in [5.41, 5.74) is 0. The molecule has 510 valence electrons. The summed E-state index contributed by atoms with van der Waals surface area (Å²) in [7, 11) is -9.90. The second-order valence-corrected chi connectivity index (χ2v) is 29.0. The average Bonchev–Trinajstić information content (AvgIpc) is 3.66. The van der Waals surface area contributed by atoms with Crippen LogP contribution in [0, 0.1) is 23.7 Å². The number of phosphoric acid groups is 2. The van der Waals surface area contributed by atoms with E-state index in [-0.39, 0.29) is 25.7 Å². The van der Waals surface area contributed by atoms with Crippen molar-refractivity contribution in [3.05, 3.63) is 0 Å². The molecule has 0 fully saturated rings. The highest BCUT2D eigenvalue weighted by molar-refractivity contribution is 7.47. The predicted molar refractivity (Wildman–Crippen MR) is 344 cm³/mol. The molecular weight excluding hydrogens is 1140 g/mol. The van der Waals surface area contributed by atoms with Crippen molar-refractivity contribution in [1.82, 2.24) is 0 Å². The first-order valence-corrected chi connectivity index (χ1v) is 37.7. The highest BCUT2D eigenvalue weighted by Crippen LogP contribution is 2.45. The third kappa shape index (κ3) is 60.9. The molecule has 0 saturated carbocycles. The number of unbranched alkanes of at least 4 members (excludes halogenated alkanes) is 30. The van der Waals surface area contributed by atoms with Gasteiger partial charge in [-0.05, 0) is 49.4 Å². The van der Waals surface area contributed by atoms with Crippen molar-refractivity contribution in [2.45, 2.75) is 343 Å². The van der Waals surface area contributed by atoms with Gasteiger partial charge in [0.25, 0.3) is 0 Å². The van der Waals surface area contributed by atoms with Gasteiger partial charge in [-0.15, -0.1) is 0 Å². The van der Waals surface area contributed by atoms with E-state index in [4.69, 9.17) is 37.0 Å². The fraction of sp³-hybridized carbons (Fsp3) is 0.940. The molecule has 0 aromatic heterocycles. The number of carbonyl (C=O) groups excluding carboxylic acids is 4. The first kappa shape index (κ1) is 84.1. The Morgan fingerprint density at radius 2 is 0.488 bits per heavy atom. The Kier molecular flexibility index (Phi) is 55.7. The van der Waals surface area contributed by atoms with Gasteiger partial charge >= 0.3 is 39.5 Å². The molecule has 0 aliphatic rings. The van der Waals surface area contributed by atoms with Crippen LogP contribution in [-0.4, -0.2) is 96.7 Å². The highest BCUT2D eigenvalue weighted by atomic mass is 31.2. The Hall–Kier alpha value is -1.94. The van der Waals surface area contributed by atoms with E-state index < -0.39 is 97.5 Å². The van der Waals surface area contributed by atoms with Gasteiger partial charge in [0.05, 0.1) is 26.4 Å². The van der Waals surface area contributed by atoms with Crippen molar-refractivity contribution in [2.75, 3.05) is 39.6 Å². The lowest BCUT2D eigenvalue weighted by Gasteiger charge is -2.21. The summed E-state index contributed by atoms with van der Waals surface area (Å²) in [5.74, 6) is 0.767. The maximum atomic E-state index is 13.0. The van der Waals surface area contributed by atoms with Crippen LogP contribution < -0.4 is 0 Å². The number of hydrogen-bond donors (Lipinski definition) is 3. The Morgan fingerprint density at radius 3 is 0.721 bits per heavy atom. The number of carbonyl (C=O) groups is 4. The maximum absolute atomic E-state index is 13.0. The Morgan fingerprint density at radius 1 is 0.291 bits per heavy atom. The van der Waals surface area contributed by atoms with Crippen molar-refractivity contribution >= 4 is 39.5 Å². The molecule has 0 aromatic carbocycles. The highest BCUT2D eigenvalue weighted by Gasteiger charge is 2.30. The first-order chi connectivity index (χ1) is 41.1.